The van der Waals surface area contributed by atoms with Gasteiger partial charge in [0.1, 0.15) is 5.75 Å². The molecule has 0 bridgehead atoms. The Labute approximate surface area is 187 Å². The number of anilines is 1. The van der Waals surface area contributed by atoms with E-state index < -0.39 is 5.97 Å². The van der Waals surface area contributed by atoms with E-state index in [1.807, 2.05) is 47.2 Å². The second-order valence-electron chi connectivity index (χ2n) is 6.89. The number of hydrogen-bond acceptors (Lipinski definition) is 5. The SMILES string of the molecule is COC(=O)c1ccccc1NC(=S)N(CCCn1ccnc1)Cc1ccc(OC)cc1. The lowest BCUT2D eigenvalue weighted by Gasteiger charge is -2.27. The number of imidazole rings is 1. The number of aryl methyl sites for hydroxylation is 1. The third-order valence-electron chi connectivity index (χ3n) is 4.80. The molecule has 8 heteroatoms. The van der Waals surface area contributed by atoms with Crippen LogP contribution in [0.2, 0.25) is 0 Å². The normalized spacial score (nSPS) is 10.4. The Hall–Kier alpha value is -3.39. The van der Waals surface area contributed by atoms with Crippen molar-refractivity contribution in [1.82, 2.24) is 14.5 Å². The number of carbonyl (C=O) groups excluding carboxylic acids is 1. The molecular formula is C23H26N4O3S. The largest absolute Gasteiger partial charge is 0.497 e. The number of methoxy groups -OCH3 is 2. The van der Waals surface area contributed by atoms with Crippen molar-refractivity contribution in [1.29, 1.82) is 0 Å². The zero-order valence-electron chi connectivity index (χ0n) is 17.7. The fraction of sp³-hybridized carbons (Fsp3) is 0.261. The number of carbonyl (C=O) groups is 1. The molecule has 1 heterocycles. The van der Waals surface area contributed by atoms with Crippen molar-refractivity contribution in [3.63, 3.8) is 0 Å². The van der Waals surface area contributed by atoms with Gasteiger partial charge in [0.15, 0.2) is 5.11 Å². The summed E-state index contributed by atoms with van der Waals surface area (Å²) in [7, 11) is 3.01. The van der Waals surface area contributed by atoms with Crippen LogP contribution in [0.5, 0.6) is 5.75 Å². The first kappa shape index (κ1) is 22.3. The van der Waals surface area contributed by atoms with Crippen LogP contribution in [0.4, 0.5) is 5.69 Å². The van der Waals surface area contributed by atoms with Gasteiger partial charge in [0.25, 0.3) is 0 Å². The Morgan fingerprint density at radius 2 is 1.94 bits per heavy atom. The Morgan fingerprint density at radius 3 is 2.61 bits per heavy atom. The quantitative estimate of drug-likeness (QED) is 0.400. The summed E-state index contributed by atoms with van der Waals surface area (Å²) in [6, 6.07) is 15.1. The molecule has 0 radical (unpaired) electrons. The Bertz CT molecular complexity index is 990. The van der Waals surface area contributed by atoms with Crippen molar-refractivity contribution in [2.24, 2.45) is 0 Å². The Balaban J connectivity index is 1.73. The van der Waals surface area contributed by atoms with Crippen LogP contribution >= 0.6 is 12.2 Å². The van der Waals surface area contributed by atoms with Gasteiger partial charge in [-0.3, -0.25) is 0 Å². The van der Waals surface area contributed by atoms with E-state index in [0.29, 0.717) is 22.9 Å². The first-order chi connectivity index (χ1) is 15.1. The van der Waals surface area contributed by atoms with Crippen LogP contribution in [0.3, 0.4) is 0 Å². The second-order valence-corrected chi connectivity index (χ2v) is 7.28. The molecule has 0 aliphatic carbocycles. The van der Waals surface area contributed by atoms with Crippen LogP contribution in [0, 0.1) is 0 Å². The summed E-state index contributed by atoms with van der Waals surface area (Å²) in [6.45, 7) is 2.19. The highest BCUT2D eigenvalue weighted by molar-refractivity contribution is 7.80. The lowest BCUT2D eigenvalue weighted by atomic mass is 10.2. The van der Waals surface area contributed by atoms with Gasteiger partial charge >= 0.3 is 5.97 Å². The minimum Gasteiger partial charge on any atom is -0.497 e. The van der Waals surface area contributed by atoms with Crippen LogP contribution < -0.4 is 10.1 Å². The van der Waals surface area contributed by atoms with Gasteiger partial charge in [0.2, 0.25) is 0 Å². The minimum absolute atomic E-state index is 0.410. The standard InChI is InChI=1S/C23H26N4O3S/c1-29-19-10-8-18(9-11-19)16-27(14-5-13-26-15-12-24-17-26)23(31)25-21-7-4-3-6-20(21)22(28)30-2/h3-4,6-12,15,17H,5,13-14,16H2,1-2H3,(H,25,31). The number of nitrogens with zero attached hydrogens (tertiary/aromatic N) is 3. The van der Waals surface area contributed by atoms with Crippen molar-refractivity contribution in [3.8, 4) is 5.75 Å². The summed E-state index contributed by atoms with van der Waals surface area (Å²) >= 11 is 5.72. The van der Waals surface area contributed by atoms with Gasteiger partial charge in [-0.15, -0.1) is 0 Å². The maximum Gasteiger partial charge on any atom is 0.339 e. The molecule has 0 unspecified atom stereocenters. The van der Waals surface area contributed by atoms with Crippen LogP contribution in [0.1, 0.15) is 22.3 Å². The van der Waals surface area contributed by atoms with Crippen LogP contribution in [0.25, 0.3) is 0 Å². The predicted molar refractivity (Wildman–Crippen MR) is 124 cm³/mol. The number of benzene rings is 2. The maximum atomic E-state index is 12.1. The minimum atomic E-state index is -0.410. The number of hydrogen-bond donors (Lipinski definition) is 1. The summed E-state index contributed by atoms with van der Waals surface area (Å²) in [5.74, 6) is 0.399. The molecule has 0 aliphatic heterocycles. The highest BCUT2D eigenvalue weighted by Crippen LogP contribution is 2.18. The number of rotatable bonds is 9. The lowest BCUT2D eigenvalue weighted by molar-refractivity contribution is 0.0602. The summed E-state index contributed by atoms with van der Waals surface area (Å²) in [5, 5.41) is 3.76. The Morgan fingerprint density at radius 1 is 1.16 bits per heavy atom. The van der Waals surface area contributed by atoms with Crippen molar-refractivity contribution in [2.75, 3.05) is 26.1 Å². The van der Waals surface area contributed by atoms with Crippen molar-refractivity contribution < 1.29 is 14.3 Å². The highest BCUT2D eigenvalue weighted by Gasteiger charge is 2.16. The molecule has 3 rings (SSSR count). The monoisotopic (exact) mass is 438 g/mol. The molecule has 7 nitrogen and oxygen atoms in total. The summed E-state index contributed by atoms with van der Waals surface area (Å²) in [4.78, 5) is 18.3. The van der Waals surface area contributed by atoms with E-state index >= 15 is 0 Å². The molecule has 2 aromatic carbocycles. The smallest absolute Gasteiger partial charge is 0.339 e. The molecule has 0 atom stereocenters. The van der Waals surface area contributed by atoms with Gasteiger partial charge in [-0.25, -0.2) is 9.78 Å². The summed E-state index contributed by atoms with van der Waals surface area (Å²) in [6.07, 6.45) is 6.39. The maximum absolute atomic E-state index is 12.1. The van der Waals surface area contributed by atoms with E-state index in [1.54, 1.807) is 31.8 Å². The third-order valence-corrected chi connectivity index (χ3v) is 5.16. The van der Waals surface area contributed by atoms with E-state index in [2.05, 4.69) is 15.2 Å². The molecule has 0 aliphatic rings. The van der Waals surface area contributed by atoms with Crippen LogP contribution in [0.15, 0.2) is 67.3 Å². The number of para-hydroxylation sites is 1. The van der Waals surface area contributed by atoms with Gasteiger partial charge in [-0.1, -0.05) is 24.3 Å². The Kier molecular flexibility index (Phi) is 8.00. The van der Waals surface area contributed by atoms with Crippen LogP contribution in [-0.4, -0.2) is 46.3 Å². The highest BCUT2D eigenvalue weighted by atomic mass is 32.1. The number of ether oxygens (including phenoxy) is 2. The van der Waals surface area contributed by atoms with E-state index in [0.717, 1.165) is 30.8 Å². The number of nitrogens with one attached hydrogen (secondary N) is 1. The fourth-order valence-corrected chi connectivity index (χ4v) is 3.41. The van der Waals surface area contributed by atoms with E-state index in [-0.39, 0.29) is 0 Å². The van der Waals surface area contributed by atoms with Crippen LogP contribution in [-0.2, 0) is 17.8 Å². The number of aromatic nitrogens is 2. The molecule has 0 amide bonds. The molecule has 1 N–H and O–H groups in total. The number of esters is 1. The van der Waals surface area contributed by atoms with Crippen molar-refractivity contribution >= 4 is 29.0 Å². The molecule has 162 valence electrons. The van der Waals surface area contributed by atoms with Crippen molar-refractivity contribution in [3.05, 3.63) is 78.4 Å². The molecule has 31 heavy (non-hydrogen) atoms. The van der Waals surface area contributed by atoms with Gasteiger partial charge in [-0.2, -0.15) is 0 Å². The first-order valence-electron chi connectivity index (χ1n) is 9.92. The summed E-state index contributed by atoms with van der Waals surface area (Å²) < 4.78 is 12.2. The van der Waals surface area contributed by atoms with E-state index in [1.165, 1.54) is 7.11 Å². The van der Waals surface area contributed by atoms with Gasteiger partial charge < -0.3 is 24.3 Å². The molecule has 0 fully saturated rings. The third kappa shape index (κ3) is 6.29. The molecular weight excluding hydrogens is 412 g/mol. The first-order valence-corrected chi connectivity index (χ1v) is 10.3. The van der Waals surface area contributed by atoms with Crippen molar-refractivity contribution in [2.45, 2.75) is 19.5 Å². The molecule has 0 saturated heterocycles. The molecule has 0 spiro atoms. The van der Waals surface area contributed by atoms with Gasteiger partial charge in [0, 0.05) is 32.0 Å². The van der Waals surface area contributed by atoms with Gasteiger partial charge in [-0.05, 0) is 48.5 Å². The second kappa shape index (κ2) is 11.1. The molecule has 1 aromatic heterocycles. The van der Waals surface area contributed by atoms with E-state index in [4.69, 9.17) is 21.7 Å². The summed E-state index contributed by atoms with van der Waals surface area (Å²) in [5.41, 5.74) is 2.16. The lowest BCUT2D eigenvalue weighted by Crippen LogP contribution is -2.35. The van der Waals surface area contributed by atoms with E-state index in [9.17, 15) is 4.79 Å². The molecule has 0 saturated carbocycles. The van der Waals surface area contributed by atoms with Gasteiger partial charge in [0.05, 0.1) is 31.8 Å². The predicted octanol–water partition coefficient (Wildman–Crippen LogP) is 3.97. The molecule has 3 aromatic rings. The topological polar surface area (TPSA) is 68.6 Å². The average Bonchev–Trinajstić information content (AvgIpc) is 3.32. The average molecular weight is 439 g/mol. The zero-order chi connectivity index (χ0) is 22.1. The fourth-order valence-electron chi connectivity index (χ4n) is 3.14. The zero-order valence-corrected chi connectivity index (χ0v) is 18.5. The number of thiocarbonyl (C=S) groups is 1.